The van der Waals surface area contributed by atoms with Crippen molar-refractivity contribution < 1.29 is 21.6 Å². The SMILES string of the molecule is Cc1ccc(S(=O)(=O)NNC(=O)c2cccc(S(=O)(=O)Nc3ccc(Cl)cc3)c2)cc1. The van der Waals surface area contributed by atoms with Crippen molar-refractivity contribution in [2.24, 2.45) is 0 Å². The first-order valence-corrected chi connectivity index (χ1v) is 12.2. The van der Waals surface area contributed by atoms with E-state index in [9.17, 15) is 21.6 Å². The molecule has 0 fully saturated rings. The van der Waals surface area contributed by atoms with Gasteiger partial charge >= 0.3 is 0 Å². The Labute approximate surface area is 185 Å². The minimum Gasteiger partial charge on any atom is -0.280 e. The lowest BCUT2D eigenvalue weighted by molar-refractivity contribution is 0.0945. The minimum atomic E-state index is -3.99. The van der Waals surface area contributed by atoms with Crippen molar-refractivity contribution >= 4 is 43.2 Å². The zero-order valence-electron chi connectivity index (χ0n) is 16.2. The number of nitrogens with one attached hydrogen (secondary N) is 3. The lowest BCUT2D eigenvalue weighted by Crippen LogP contribution is -2.41. The fourth-order valence-electron chi connectivity index (χ4n) is 2.50. The van der Waals surface area contributed by atoms with Crippen molar-refractivity contribution in [3.8, 4) is 0 Å². The molecule has 162 valence electrons. The van der Waals surface area contributed by atoms with Gasteiger partial charge in [0.25, 0.3) is 26.0 Å². The number of aryl methyl sites for hydroxylation is 1. The number of hydrogen-bond donors (Lipinski definition) is 3. The quantitative estimate of drug-likeness (QED) is 0.449. The van der Waals surface area contributed by atoms with E-state index in [0.717, 1.165) is 11.6 Å². The number of benzene rings is 3. The molecule has 0 spiro atoms. The predicted octanol–water partition coefficient (Wildman–Crippen LogP) is 3.07. The van der Waals surface area contributed by atoms with Gasteiger partial charge in [0.2, 0.25) is 0 Å². The van der Waals surface area contributed by atoms with Crippen molar-refractivity contribution in [1.82, 2.24) is 10.3 Å². The maximum Gasteiger partial charge on any atom is 0.266 e. The molecule has 0 unspecified atom stereocenters. The van der Waals surface area contributed by atoms with Gasteiger partial charge in [-0.2, -0.15) is 0 Å². The molecule has 0 saturated heterocycles. The summed E-state index contributed by atoms with van der Waals surface area (Å²) in [5.41, 5.74) is 3.21. The van der Waals surface area contributed by atoms with Crippen LogP contribution in [0.15, 0.2) is 82.6 Å². The van der Waals surface area contributed by atoms with Gasteiger partial charge in [0, 0.05) is 16.3 Å². The van der Waals surface area contributed by atoms with Crippen molar-refractivity contribution in [1.29, 1.82) is 0 Å². The second kappa shape index (κ2) is 9.06. The van der Waals surface area contributed by atoms with E-state index in [4.69, 9.17) is 11.6 Å². The average molecular weight is 480 g/mol. The molecule has 0 saturated carbocycles. The summed E-state index contributed by atoms with van der Waals surface area (Å²) in [4.78, 5) is 14.2. The summed E-state index contributed by atoms with van der Waals surface area (Å²) in [5, 5.41) is 0.453. The van der Waals surface area contributed by atoms with E-state index < -0.39 is 26.0 Å². The molecule has 0 radical (unpaired) electrons. The Morgan fingerprint density at radius 2 is 1.45 bits per heavy atom. The second-order valence-electron chi connectivity index (χ2n) is 6.51. The highest BCUT2D eigenvalue weighted by atomic mass is 35.5. The zero-order valence-corrected chi connectivity index (χ0v) is 18.6. The van der Waals surface area contributed by atoms with E-state index in [1.807, 2.05) is 11.8 Å². The first-order valence-electron chi connectivity index (χ1n) is 8.84. The lowest BCUT2D eigenvalue weighted by atomic mass is 10.2. The number of hydrogen-bond acceptors (Lipinski definition) is 5. The third-order valence-electron chi connectivity index (χ3n) is 4.13. The van der Waals surface area contributed by atoms with Crippen LogP contribution in [0.5, 0.6) is 0 Å². The highest BCUT2D eigenvalue weighted by molar-refractivity contribution is 7.92. The van der Waals surface area contributed by atoms with Crippen LogP contribution < -0.4 is 15.0 Å². The molecule has 3 aromatic rings. The Bertz CT molecular complexity index is 1310. The Hall–Kier alpha value is -2.92. The third kappa shape index (κ3) is 5.82. The van der Waals surface area contributed by atoms with Crippen LogP contribution in [0, 0.1) is 6.92 Å². The van der Waals surface area contributed by atoms with Crippen molar-refractivity contribution in [3.63, 3.8) is 0 Å². The normalized spacial score (nSPS) is 11.7. The maximum atomic E-state index is 12.6. The maximum absolute atomic E-state index is 12.6. The lowest BCUT2D eigenvalue weighted by Gasteiger charge is -2.11. The van der Waals surface area contributed by atoms with Crippen LogP contribution in [-0.4, -0.2) is 22.7 Å². The molecule has 8 nitrogen and oxygen atoms in total. The number of amides is 1. The van der Waals surface area contributed by atoms with Gasteiger partial charge in [0.15, 0.2) is 0 Å². The molecular formula is C20H18ClN3O5S2. The van der Waals surface area contributed by atoms with Crippen LogP contribution in [0.25, 0.3) is 0 Å². The van der Waals surface area contributed by atoms with Crippen LogP contribution in [-0.2, 0) is 20.0 Å². The highest BCUT2D eigenvalue weighted by Gasteiger charge is 2.19. The van der Waals surface area contributed by atoms with E-state index in [-0.39, 0.29) is 15.4 Å². The molecule has 0 aliphatic heterocycles. The first-order chi connectivity index (χ1) is 14.6. The van der Waals surface area contributed by atoms with Gasteiger partial charge in [-0.15, -0.1) is 4.83 Å². The Morgan fingerprint density at radius 3 is 2.10 bits per heavy atom. The molecule has 31 heavy (non-hydrogen) atoms. The summed E-state index contributed by atoms with van der Waals surface area (Å²) in [5.74, 6) is -0.820. The number of hydrazine groups is 1. The zero-order chi connectivity index (χ0) is 22.6. The summed E-state index contributed by atoms with van der Waals surface area (Å²) in [7, 11) is -7.97. The highest BCUT2D eigenvalue weighted by Crippen LogP contribution is 2.19. The van der Waals surface area contributed by atoms with Gasteiger partial charge in [-0.1, -0.05) is 35.4 Å². The van der Waals surface area contributed by atoms with Crippen LogP contribution in [0.4, 0.5) is 5.69 Å². The van der Waals surface area contributed by atoms with Crippen LogP contribution in [0.3, 0.4) is 0 Å². The van der Waals surface area contributed by atoms with E-state index in [1.165, 1.54) is 54.6 Å². The van der Waals surface area contributed by atoms with Gasteiger partial charge in [-0.25, -0.2) is 16.8 Å². The van der Waals surface area contributed by atoms with Crippen molar-refractivity contribution in [2.75, 3.05) is 4.72 Å². The summed E-state index contributed by atoms with van der Waals surface area (Å²) >= 11 is 5.79. The predicted molar refractivity (Wildman–Crippen MR) is 118 cm³/mol. The number of halogens is 1. The van der Waals surface area contributed by atoms with Crippen molar-refractivity contribution in [2.45, 2.75) is 16.7 Å². The topological polar surface area (TPSA) is 121 Å². The number of rotatable bonds is 7. The number of anilines is 1. The third-order valence-corrected chi connectivity index (χ3v) is 7.03. The van der Waals surface area contributed by atoms with E-state index in [0.29, 0.717) is 10.7 Å². The van der Waals surface area contributed by atoms with Crippen LogP contribution >= 0.6 is 11.6 Å². The molecule has 0 heterocycles. The first kappa shape index (κ1) is 22.8. The van der Waals surface area contributed by atoms with Gasteiger partial charge in [0.1, 0.15) is 0 Å². The smallest absolute Gasteiger partial charge is 0.266 e. The fraction of sp³-hybridized carbons (Fsp3) is 0.0500. The molecule has 3 N–H and O–H groups in total. The monoisotopic (exact) mass is 479 g/mol. The largest absolute Gasteiger partial charge is 0.280 e. The molecule has 0 aliphatic carbocycles. The summed E-state index contributed by atoms with van der Waals surface area (Å²) in [6.45, 7) is 1.81. The molecule has 0 aromatic heterocycles. The number of carbonyl (C=O) groups excluding carboxylic acids is 1. The van der Waals surface area contributed by atoms with E-state index in [2.05, 4.69) is 10.1 Å². The van der Waals surface area contributed by atoms with Crippen LogP contribution in [0.1, 0.15) is 15.9 Å². The molecule has 3 aromatic carbocycles. The average Bonchev–Trinajstić information content (AvgIpc) is 2.74. The second-order valence-corrected chi connectivity index (χ2v) is 10.3. The van der Waals surface area contributed by atoms with Crippen LogP contribution in [0.2, 0.25) is 5.02 Å². The Kier molecular flexibility index (Phi) is 6.65. The summed E-state index contributed by atoms with van der Waals surface area (Å²) in [6.07, 6.45) is 0. The summed E-state index contributed by atoms with van der Waals surface area (Å²) in [6, 6.07) is 17.3. The van der Waals surface area contributed by atoms with Gasteiger partial charge in [-0.05, 0) is 61.5 Å². The standard InChI is InChI=1S/C20H18ClN3O5S2/c1-14-5-11-18(12-6-14)31(28,29)24-22-20(25)15-3-2-4-19(13-15)30(26,27)23-17-9-7-16(21)8-10-17/h2-13,23-24H,1H3,(H,22,25). The number of carbonyl (C=O) groups is 1. The molecule has 0 atom stereocenters. The van der Waals surface area contributed by atoms with E-state index in [1.54, 1.807) is 12.1 Å². The molecule has 3 rings (SSSR count). The Morgan fingerprint density at radius 1 is 0.806 bits per heavy atom. The fourth-order valence-corrected chi connectivity index (χ4v) is 4.57. The Balaban J connectivity index is 1.73. The molecular weight excluding hydrogens is 462 g/mol. The summed E-state index contributed by atoms with van der Waals surface area (Å²) < 4.78 is 52.2. The molecule has 0 bridgehead atoms. The number of sulfonamides is 2. The van der Waals surface area contributed by atoms with Gasteiger partial charge < -0.3 is 0 Å². The van der Waals surface area contributed by atoms with Gasteiger partial charge in [-0.3, -0.25) is 14.9 Å². The minimum absolute atomic E-state index is 0.0260. The van der Waals surface area contributed by atoms with Crippen molar-refractivity contribution in [3.05, 3.63) is 88.9 Å². The molecule has 1 amide bonds. The molecule has 0 aliphatic rings. The molecule has 11 heteroatoms. The van der Waals surface area contributed by atoms with Gasteiger partial charge in [0.05, 0.1) is 9.79 Å². The van der Waals surface area contributed by atoms with E-state index >= 15 is 0 Å².